The van der Waals surface area contributed by atoms with Gasteiger partial charge in [0.2, 0.25) is 0 Å². The van der Waals surface area contributed by atoms with Gasteiger partial charge in [0, 0.05) is 17.7 Å². The summed E-state index contributed by atoms with van der Waals surface area (Å²) in [6.45, 7) is 0. The number of hydrogen-bond acceptors (Lipinski definition) is 9. The maximum Gasteiger partial charge on any atom is 0.276 e. The molecule has 0 aliphatic carbocycles. The summed E-state index contributed by atoms with van der Waals surface area (Å²) in [6, 6.07) is 5.98. The predicted octanol–water partition coefficient (Wildman–Crippen LogP) is 1.64. The first kappa shape index (κ1) is 20.8. The first-order chi connectivity index (χ1) is 13.2. The van der Waals surface area contributed by atoms with Gasteiger partial charge < -0.3 is 19.3 Å². The largest absolute Gasteiger partial charge is 0.504 e. The fourth-order valence-corrected chi connectivity index (χ4v) is 2.98. The van der Waals surface area contributed by atoms with Gasteiger partial charge >= 0.3 is 0 Å². The number of phenolic OH excluding ortho intramolecular Hbond substituents is 1. The van der Waals surface area contributed by atoms with E-state index in [0.29, 0.717) is 5.75 Å². The SMILES string of the molecule is COc1ccc(S(=O)(=O)N/N=C/c2cc([N+](=O)[O-])cc(OC)c2O)cc1OC. The van der Waals surface area contributed by atoms with E-state index in [1.165, 1.54) is 39.5 Å². The Morgan fingerprint density at radius 1 is 1.07 bits per heavy atom. The highest BCUT2D eigenvalue weighted by molar-refractivity contribution is 7.89. The lowest BCUT2D eigenvalue weighted by molar-refractivity contribution is -0.385. The third kappa shape index (κ3) is 4.40. The molecule has 0 fully saturated rings. The van der Waals surface area contributed by atoms with E-state index < -0.39 is 20.7 Å². The fraction of sp³-hybridized carbons (Fsp3) is 0.188. The van der Waals surface area contributed by atoms with Crippen molar-refractivity contribution in [3.8, 4) is 23.0 Å². The third-order valence-corrected chi connectivity index (χ3v) is 4.78. The maximum atomic E-state index is 12.4. The van der Waals surface area contributed by atoms with E-state index in [9.17, 15) is 23.6 Å². The molecular weight excluding hydrogens is 394 g/mol. The number of aromatic hydroxyl groups is 1. The summed E-state index contributed by atoms with van der Waals surface area (Å²) < 4.78 is 39.7. The van der Waals surface area contributed by atoms with Gasteiger partial charge in [-0.2, -0.15) is 13.5 Å². The zero-order valence-electron chi connectivity index (χ0n) is 15.1. The standard InChI is InChI=1S/C16H17N3O8S/c1-25-13-5-4-12(8-14(13)26-2)28(23,24)18-17-9-10-6-11(19(21)22)7-15(27-3)16(10)20/h4-9,18,20H,1-3H3/b17-9+. The Kier molecular flexibility index (Phi) is 6.26. The van der Waals surface area contributed by atoms with Crippen molar-refractivity contribution < 1.29 is 32.7 Å². The minimum atomic E-state index is -4.07. The van der Waals surface area contributed by atoms with Crippen molar-refractivity contribution in [2.45, 2.75) is 4.90 Å². The van der Waals surface area contributed by atoms with E-state index in [4.69, 9.17) is 14.2 Å². The second kappa shape index (κ2) is 8.43. The number of methoxy groups -OCH3 is 3. The molecule has 0 aliphatic heterocycles. The number of hydrogen-bond donors (Lipinski definition) is 2. The molecule has 0 atom stereocenters. The Labute approximate surface area is 160 Å². The number of hydrazone groups is 1. The summed E-state index contributed by atoms with van der Waals surface area (Å²) in [5.41, 5.74) is -0.472. The number of nitro benzene ring substituents is 1. The Morgan fingerprint density at radius 3 is 2.29 bits per heavy atom. The van der Waals surface area contributed by atoms with Gasteiger partial charge in [0.25, 0.3) is 15.7 Å². The van der Waals surface area contributed by atoms with E-state index in [2.05, 4.69) is 5.10 Å². The minimum Gasteiger partial charge on any atom is -0.504 e. The van der Waals surface area contributed by atoms with Gasteiger partial charge in [-0.05, 0) is 12.1 Å². The summed E-state index contributed by atoms with van der Waals surface area (Å²) in [6.07, 6.45) is 0.920. The molecule has 2 aromatic rings. The third-order valence-electron chi connectivity index (χ3n) is 3.56. The molecule has 0 heterocycles. The topological polar surface area (TPSA) is 150 Å². The Hall–Kier alpha value is -3.54. The van der Waals surface area contributed by atoms with E-state index in [-0.39, 0.29) is 27.6 Å². The molecule has 0 bridgehead atoms. The number of nitrogens with zero attached hydrogens (tertiary/aromatic N) is 2. The molecule has 0 unspecified atom stereocenters. The Bertz CT molecular complexity index is 1020. The van der Waals surface area contributed by atoms with Crippen molar-refractivity contribution >= 4 is 21.9 Å². The molecule has 0 saturated carbocycles. The molecule has 0 saturated heterocycles. The first-order valence-electron chi connectivity index (χ1n) is 7.55. The zero-order valence-corrected chi connectivity index (χ0v) is 15.9. The van der Waals surface area contributed by atoms with Crippen LogP contribution in [0.2, 0.25) is 0 Å². The van der Waals surface area contributed by atoms with Crippen molar-refractivity contribution in [1.29, 1.82) is 0 Å². The molecule has 150 valence electrons. The number of benzene rings is 2. The quantitative estimate of drug-likeness (QED) is 0.378. The number of nitrogens with one attached hydrogen (secondary N) is 1. The van der Waals surface area contributed by atoms with Crippen LogP contribution < -0.4 is 19.0 Å². The van der Waals surface area contributed by atoms with Crippen LogP contribution in [0.4, 0.5) is 5.69 Å². The highest BCUT2D eigenvalue weighted by atomic mass is 32.2. The van der Waals surface area contributed by atoms with Crippen LogP contribution in [0.1, 0.15) is 5.56 Å². The van der Waals surface area contributed by atoms with E-state index in [1.54, 1.807) is 0 Å². The van der Waals surface area contributed by atoms with Crippen molar-refractivity contribution in [2.75, 3.05) is 21.3 Å². The van der Waals surface area contributed by atoms with Crippen LogP contribution in [0.3, 0.4) is 0 Å². The van der Waals surface area contributed by atoms with Gasteiger partial charge in [0.05, 0.1) is 43.4 Å². The lowest BCUT2D eigenvalue weighted by Crippen LogP contribution is -2.18. The average molecular weight is 411 g/mol. The predicted molar refractivity (Wildman–Crippen MR) is 98.8 cm³/mol. The Balaban J connectivity index is 2.31. The number of non-ortho nitro benzene ring substituents is 1. The average Bonchev–Trinajstić information content (AvgIpc) is 2.68. The first-order valence-corrected chi connectivity index (χ1v) is 9.04. The van der Waals surface area contributed by atoms with Gasteiger partial charge in [0.15, 0.2) is 23.0 Å². The highest BCUT2D eigenvalue weighted by Crippen LogP contribution is 2.33. The molecule has 2 aromatic carbocycles. The molecule has 2 rings (SSSR count). The highest BCUT2D eigenvalue weighted by Gasteiger charge is 2.18. The zero-order chi connectivity index (χ0) is 20.9. The second-order valence-corrected chi connectivity index (χ2v) is 6.87. The lowest BCUT2D eigenvalue weighted by atomic mass is 10.2. The van der Waals surface area contributed by atoms with E-state index >= 15 is 0 Å². The lowest BCUT2D eigenvalue weighted by Gasteiger charge is -2.10. The van der Waals surface area contributed by atoms with E-state index in [0.717, 1.165) is 18.3 Å². The number of sulfonamides is 1. The van der Waals surface area contributed by atoms with Crippen LogP contribution in [0.5, 0.6) is 23.0 Å². The second-order valence-electron chi connectivity index (χ2n) is 5.21. The van der Waals surface area contributed by atoms with Crippen LogP contribution >= 0.6 is 0 Å². The molecular formula is C16H17N3O8S. The van der Waals surface area contributed by atoms with Crippen LogP contribution in [0.25, 0.3) is 0 Å². The monoisotopic (exact) mass is 411 g/mol. The summed E-state index contributed by atoms with van der Waals surface area (Å²) in [7, 11) is -0.0810. The fourth-order valence-electron chi connectivity index (χ4n) is 2.18. The van der Waals surface area contributed by atoms with Gasteiger partial charge in [0.1, 0.15) is 0 Å². The number of nitro groups is 1. The van der Waals surface area contributed by atoms with E-state index in [1.807, 2.05) is 4.83 Å². The molecule has 0 aliphatic rings. The smallest absolute Gasteiger partial charge is 0.276 e. The van der Waals surface area contributed by atoms with Crippen molar-refractivity contribution in [2.24, 2.45) is 5.10 Å². The normalized spacial score (nSPS) is 11.2. The van der Waals surface area contributed by atoms with Crippen molar-refractivity contribution in [1.82, 2.24) is 4.83 Å². The summed E-state index contributed by atoms with van der Waals surface area (Å²) in [5, 5.41) is 24.5. The summed E-state index contributed by atoms with van der Waals surface area (Å²) in [4.78, 5) is 12.1. The molecule has 12 heteroatoms. The number of phenols is 1. The van der Waals surface area contributed by atoms with Crippen molar-refractivity contribution in [3.63, 3.8) is 0 Å². The molecule has 0 radical (unpaired) electrons. The minimum absolute atomic E-state index is 0.110. The molecule has 11 nitrogen and oxygen atoms in total. The number of ether oxygens (including phenoxy) is 3. The van der Waals surface area contributed by atoms with Gasteiger partial charge in [-0.15, -0.1) is 0 Å². The van der Waals surface area contributed by atoms with Crippen molar-refractivity contribution in [3.05, 3.63) is 46.0 Å². The Morgan fingerprint density at radius 2 is 1.71 bits per heavy atom. The van der Waals surface area contributed by atoms with Gasteiger partial charge in [-0.3, -0.25) is 10.1 Å². The van der Waals surface area contributed by atoms with Gasteiger partial charge in [-0.25, -0.2) is 4.83 Å². The number of rotatable bonds is 8. The van der Waals surface area contributed by atoms with Crippen LogP contribution in [-0.4, -0.2) is 46.0 Å². The van der Waals surface area contributed by atoms with Crippen LogP contribution in [-0.2, 0) is 10.0 Å². The molecule has 28 heavy (non-hydrogen) atoms. The molecule has 0 aromatic heterocycles. The van der Waals surface area contributed by atoms with Gasteiger partial charge in [-0.1, -0.05) is 0 Å². The maximum absolute atomic E-state index is 12.4. The molecule has 2 N–H and O–H groups in total. The van der Waals surface area contributed by atoms with Crippen LogP contribution in [0, 0.1) is 10.1 Å². The molecule has 0 amide bonds. The van der Waals surface area contributed by atoms with Crippen LogP contribution in [0.15, 0.2) is 40.3 Å². The molecule has 0 spiro atoms. The summed E-state index contributed by atoms with van der Waals surface area (Å²) >= 11 is 0. The summed E-state index contributed by atoms with van der Waals surface area (Å²) in [5.74, 6) is -0.0328.